The summed E-state index contributed by atoms with van der Waals surface area (Å²) in [5, 5.41) is 0. The molecule has 0 bridgehead atoms. The van der Waals surface area contributed by atoms with Crippen LogP contribution in [0.25, 0.3) is 33.4 Å². The lowest BCUT2D eigenvalue weighted by molar-refractivity contribution is -0.908. The minimum Gasteiger partial charge on any atom is -0.271 e. The summed E-state index contributed by atoms with van der Waals surface area (Å²) in [7, 11) is 0. The Hall–Kier alpha value is -5.49. The molecule has 6 nitrogen and oxygen atoms in total. The van der Waals surface area contributed by atoms with Gasteiger partial charge in [-0.15, -0.1) is 0 Å². The third kappa shape index (κ3) is 7.73. The fraction of sp³-hybridized carbons (Fsp3) is 0.154. The zero-order valence-electron chi connectivity index (χ0n) is 25.5. The van der Waals surface area contributed by atoms with Gasteiger partial charge in [0.05, 0.1) is 5.41 Å². The summed E-state index contributed by atoms with van der Waals surface area (Å²) in [5.74, 6) is 0. The first-order chi connectivity index (χ1) is 22.2. The van der Waals surface area contributed by atoms with Gasteiger partial charge in [-0.25, -0.2) is 0 Å². The van der Waals surface area contributed by atoms with Gasteiger partial charge >= 0.3 is 0 Å². The van der Waals surface area contributed by atoms with E-state index in [-0.39, 0.29) is 0 Å². The molecule has 0 unspecified atom stereocenters. The van der Waals surface area contributed by atoms with Crippen molar-refractivity contribution in [3.8, 4) is 33.4 Å². The van der Waals surface area contributed by atoms with Crippen LogP contribution in [0, 0.1) is 5.41 Å². The fourth-order valence-corrected chi connectivity index (χ4v) is 5.03. The molecule has 0 aliphatic rings. The van der Waals surface area contributed by atoms with E-state index in [1.165, 1.54) is 16.7 Å². The second-order valence-electron chi connectivity index (χ2n) is 11.1. The fourth-order valence-electron chi connectivity index (χ4n) is 5.03. The van der Waals surface area contributed by atoms with Gasteiger partial charge in [0, 0.05) is 50.6 Å². The summed E-state index contributed by atoms with van der Waals surface area (Å²) < 4.78 is 5.25. The summed E-state index contributed by atoms with van der Waals surface area (Å²) in [6, 6.07) is 43.3. The molecule has 6 rings (SSSR count). The molecule has 3 aromatic carbocycles. The third-order valence-electron chi connectivity index (χ3n) is 8.04. The molecule has 6 aromatic rings. The number of pyridine rings is 3. The van der Waals surface area contributed by atoms with Crippen LogP contribution < -0.4 is 28.7 Å². The predicted octanol–water partition coefficient (Wildman–Crippen LogP) is 5.63. The molecule has 0 atom stereocenters. The Balaban J connectivity index is 1.16. The largest absolute Gasteiger partial charge is 0.271 e. The Morgan fingerprint density at radius 3 is 0.867 bits per heavy atom. The lowest BCUT2D eigenvalue weighted by atomic mass is 9.88. The molecule has 224 valence electrons. The van der Waals surface area contributed by atoms with Crippen LogP contribution in [-0.2, 0) is 0 Å². The Kier molecular flexibility index (Phi) is 9.41. The van der Waals surface area contributed by atoms with Crippen molar-refractivity contribution in [2.45, 2.75) is 13.3 Å². The molecular weight excluding hydrogens is 558 g/mol. The molecule has 6 heteroatoms. The zero-order valence-corrected chi connectivity index (χ0v) is 25.5. The van der Waals surface area contributed by atoms with Crippen LogP contribution in [0.15, 0.2) is 165 Å². The highest BCUT2D eigenvalue weighted by atomic mass is 16.7. The van der Waals surface area contributed by atoms with E-state index in [9.17, 15) is 0 Å². The standard InChI is InChI=1S/C39H38N3O3/c1-2-39(30-43-40-24-18-36(19-25-40)33-12-6-3-7-13-33,31-44-41-26-20-37(21-27-41)34-14-8-4-9-15-34)32-45-42-28-22-38(23-29-42)35-16-10-5-11-17-35/h3-29H,2,30-32H2,1H3/q+3. The monoisotopic (exact) mass is 596 g/mol. The normalized spacial score (nSPS) is 11.1. The van der Waals surface area contributed by atoms with Crippen molar-refractivity contribution in [1.29, 1.82) is 0 Å². The van der Waals surface area contributed by atoms with E-state index in [1.54, 1.807) is 14.2 Å². The maximum atomic E-state index is 6.32. The molecular formula is C39H38N3O3+3. The maximum Gasteiger partial charge on any atom is 0.223 e. The van der Waals surface area contributed by atoms with Crippen molar-refractivity contribution in [3.63, 3.8) is 0 Å². The van der Waals surface area contributed by atoms with E-state index in [0.717, 1.165) is 23.1 Å². The Labute approximate surface area is 264 Å². The number of hydrogen-bond acceptors (Lipinski definition) is 3. The minimum absolute atomic E-state index is 0.393. The molecule has 0 aliphatic heterocycles. The molecule has 0 spiro atoms. The van der Waals surface area contributed by atoms with Crippen LogP contribution in [0.1, 0.15) is 13.3 Å². The van der Waals surface area contributed by atoms with Crippen LogP contribution in [0.2, 0.25) is 0 Å². The van der Waals surface area contributed by atoms with E-state index in [4.69, 9.17) is 14.5 Å². The lowest BCUT2D eigenvalue weighted by Crippen LogP contribution is -2.57. The molecule has 0 saturated heterocycles. The molecule has 0 fully saturated rings. The first-order valence-electron chi connectivity index (χ1n) is 15.3. The highest BCUT2D eigenvalue weighted by Crippen LogP contribution is 2.22. The topological polar surface area (TPSA) is 39.3 Å². The van der Waals surface area contributed by atoms with Gasteiger partial charge in [0.15, 0.2) is 19.8 Å². The first-order valence-corrected chi connectivity index (χ1v) is 15.3. The van der Waals surface area contributed by atoms with Crippen LogP contribution in [0.5, 0.6) is 0 Å². The van der Waals surface area contributed by atoms with Gasteiger partial charge in [-0.05, 0) is 39.8 Å². The smallest absolute Gasteiger partial charge is 0.223 e. The molecule has 0 saturated carbocycles. The summed E-state index contributed by atoms with van der Waals surface area (Å²) >= 11 is 0. The summed E-state index contributed by atoms with van der Waals surface area (Å²) in [6.45, 7) is 3.32. The number of aromatic nitrogens is 3. The average Bonchev–Trinajstić information content (AvgIpc) is 3.13. The van der Waals surface area contributed by atoms with E-state index >= 15 is 0 Å². The third-order valence-corrected chi connectivity index (χ3v) is 8.04. The highest BCUT2D eigenvalue weighted by Gasteiger charge is 2.38. The van der Waals surface area contributed by atoms with Crippen LogP contribution in [0.3, 0.4) is 0 Å². The Morgan fingerprint density at radius 2 is 0.622 bits per heavy atom. The Bertz CT molecular complexity index is 1540. The summed E-state index contributed by atoms with van der Waals surface area (Å²) in [6.07, 6.45) is 12.4. The summed E-state index contributed by atoms with van der Waals surface area (Å²) in [4.78, 5) is 19.0. The van der Waals surface area contributed by atoms with Gasteiger partial charge < -0.3 is 0 Å². The van der Waals surface area contributed by atoms with Crippen LogP contribution in [-0.4, -0.2) is 19.8 Å². The van der Waals surface area contributed by atoms with Crippen LogP contribution >= 0.6 is 0 Å². The second kappa shape index (κ2) is 14.3. The molecule has 0 amide bonds. The van der Waals surface area contributed by atoms with Gasteiger partial charge in [0.2, 0.25) is 37.2 Å². The number of rotatable bonds is 13. The number of nitrogens with zero attached hydrogens (tertiary/aromatic N) is 3. The van der Waals surface area contributed by atoms with Crippen LogP contribution in [0.4, 0.5) is 0 Å². The molecule has 0 radical (unpaired) electrons. The van der Waals surface area contributed by atoms with E-state index < -0.39 is 5.41 Å². The molecule has 3 heterocycles. The van der Waals surface area contributed by atoms with Crippen molar-refractivity contribution in [3.05, 3.63) is 165 Å². The quantitative estimate of drug-likeness (QED) is 0.162. The van der Waals surface area contributed by atoms with Gasteiger partial charge in [0.25, 0.3) is 0 Å². The van der Waals surface area contributed by atoms with Gasteiger partial charge in [-0.1, -0.05) is 97.9 Å². The van der Waals surface area contributed by atoms with Crippen molar-refractivity contribution >= 4 is 0 Å². The van der Waals surface area contributed by atoms with Crippen molar-refractivity contribution in [1.82, 2.24) is 0 Å². The average molecular weight is 597 g/mol. The minimum atomic E-state index is -0.443. The van der Waals surface area contributed by atoms with Gasteiger partial charge in [-0.2, -0.15) is 0 Å². The van der Waals surface area contributed by atoms with Gasteiger partial charge in [0.1, 0.15) is 0 Å². The van der Waals surface area contributed by atoms with Crippen molar-refractivity contribution in [2.24, 2.45) is 5.41 Å². The lowest BCUT2D eigenvalue weighted by Gasteiger charge is -2.25. The SMILES string of the molecule is CCC(CO[n+]1ccc(-c2ccccc2)cc1)(CO[n+]1ccc(-c2ccccc2)cc1)CO[n+]1ccc(-c2ccccc2)cc1. The van der Waals surface area contributed by atoms with E-state index in [0.29, 0.717) is 19.8 Å². The molecule has 45 heavy (non-hydrogen) atoms. The Morgan fingerprint density at radius 1 is 0.378 bits per heavy atom. The second-order valence-corrected chi connectivity index (χ2v) is 11.1. The molecule has 0 N–H and O–H groups in total. The van der Waals surface area contributed by atoms with E-state index in [2.05, 4.69) is 79.7 Å². The predicted molar refractivity (Wildman–Crippen MR) is 173 cm³/mol. The molecule has 3 aromatic heterocycles. The number of hydrogen-bond donors (Lipinski definition) is 0. The molecule has 0 aliphatic carbocycles. The highest BCUT2D eigenvalue weighted by molar-refractivity contribution is 5.63. The maximum absolute atomic E-state index is 6.32. The number of benzene rings is 3. The zero-order chi connectivity index (χ0) is 30.7. The van der Waals surface area contributed by atoms with Crippen molar-refractivity contribution in [2.75, 3.05) is 19.8 Å². The van der Waals surface area contributed by atoms with Crippen molar-refractivity contribution < 1.29 is 28.7 Å². The van der Waals surface area contributed by atoms with Gasteiger partial charge in [-0.3, -0.25) is 14.5 Å². The first kappa shape index (κ1) is 29.6. The van der Waals surface area contributed by atoms with E-state index in [1.807, 2.05) is 91.8 Å². The summed E-state index contributed by atoms with van der Waals surface area (Å²) in [5.41, 5.74) is 6.46.